The van der Waals surface area contributed by atoms with Crippen molar-refractivity contribution < 1.29 is 19.4 Å². The zero-order valence-electron chi connectivity index (χ0n) is 15.0. The fourth-order valence-electron chi connectivity index (χ4n) is 2.26. The number of pyridine rings is 1. The molecule has 11 heteroatoms. The molecule has 2 N–H and O–H groups in total. The van der Waals surface area contributed by atoms with Gasteiger partial charge in [-0.25, -0.2) is 14.6 Å². The van der Waals surface area contributed by atoms with Gasteiger partial charge >= 0.3 is 12.1 Å². The van der Waals surface area contributed by atoms with Gasteiger partial charge in [-0.05, 0) is 27.2 Å². The molecule has 0 saturated carbocycles. The molecule has 0 aromatic carbocycles. The molecule has 0 unspecified atom stereocenters. The molecule has 1 amide bonds. The minimum absolute atomic E-state index is 0.0229. The lowest BCUT2D eigenvalue weighted by Gasteiger charge is -2.29. The summed E-state index contributed by atoms with van der Waals surface area (Å²) in [5, 5.41) is 11.7. The van der Waals surface area contributed by atoms with Crippen molar-refractivity contribution in [2.75, 3.05) is 18.3 Å². The Hall–Kier alpha value is -1.64. The highest BCUT2D eigenvalue weighted by molar-refractivity contribution is 6.53. The molecule has 1 radical (unpaired) electrons. The van der Waals surface area contributed by atoms with Crippen LogP contribution in [0.5, 0.6) is 0 Å². The van der Waals surface area contributed by atoms with Crippen LogP contribution < -0.4 is 5.23 Å². The molecule has 2 rings (SSSR count). The molecule has 7 nitrogen and oxygen atoms in total. The lowest BCUT2D eigenvalue weighted by Crippen LogP contribution is -2.39. The van der Waals surface area contributed by atoms with Gasteiger partial charge in [-0.15, -0.1) is 0 Å². The van der Waals surface area contributed by atoms with Gasteiger partial charge < -0.3 is 20.0 Å². The first-order valence-electron chi connectivity index (χ1n) is 8.04. The Morgan fingerprint density at radius 3 is 2.48 bits per heavy atom. The van der Waals surface area contributed by atoms with Crippen molar-refractivity contribution in [3.05, 3.63) is 32.4 Å². The Morgan fingerprint density at radius 1 is 1.30 bits per heavy atom. The summed E-state index contributed by atoms with van der Waals surface area (Å²) in [6.45, 7) is 6.31. The summed E-state index contributed by atoms with van der Waals surface area (Å²) in [5.74, 6) is -1.31. The number of carboxylic acids is 1. The zero-order chi connectivity index (χ0) is 20.4. The average Bonchev–Trinajstić information content (AvgIpc) is 2.56. The number of amides is 1. The van der Waals surface area contributed by atoms with Crippen molar-refractivity contribution in [1.82, 2.24) is 9.88 Å². The van der Waals surface area contributed by atoms with E-state index in [4.69, 9.17) is 44.6 Å². The van der Waals surface area contributed by atoms with E-state index in [1.807, 2.05) is 26.8 Å². The summed E-state index contributed by atoms with van der Waals surface area (Å²) in [6, 6.07) is 0. The zero-order valence-corrected chi connectivity index (χ0v) is 17.2. The lowest BCUT2D eigenvalue weighted by atomic mass is 9.78. The second kappa shape index (κ2) is 8.58. The quantitative estimate of drug-likeness (QED) is 0.544. The van der Waals surface area contributed by atoms with Crippen LogP contribution in [0.4, 0.5) is 10.5 Å². The topological polar surface area (TPSA) is 91.8 Å². The normalized spacial score (nSPS) is 14.4. The highest BCUT2D eigenvalue weighted by Crippen LogP contribution is 2.36. The van der Waals surface area contributed by atoms with Crippen LogP contribution in [0.1, 0.15) is 37.7 Å². The third-order valence-electron chi connectivity index (χ3n) is 3.54. The molecule has 0 atom stereocenters. The number of anilines is 1. The number of nitrogens with one attached hydrogen (secondary N) is 1. The predicted octanol–water partition coefficient (Wildman–Crippen LogP) is 4.30. The summed E-state index contributed by atoms with van der Waals surface area (Å²) in [5.41, 5.74) is 0.110. The number of aromatic carboxylic acids is 1. The smallest absolute Gasteiger partial charge is 0.410 e. The molecule has 0 fully saturated rings. The van der Waals surface area contributed by atoms with Crippen molar-refractivity contribution >= 4 is 60.0 Å². The van der Waals surface area contributed by atoms with E-state index in [0.29, 0.717) is 19.5 Å². The Kier molecular flexibility index (Phi) is 6.89. The molecule has 145 valence electrons. The highest BCUT2D eigenvalue weighted by atomic mass is 35.5. The number of rotatable bonds is 4. The van der Waals surface area contributed by atoms with E-state index in [1.165, 1.54) is 0 Å². The van der Waals surface area contributed by atoms with E-state index < -0.39 is 17.3 Å². The van der Waals surface area contributed by atoms with Crippen LogP contribution in [0.2, 0.25) is 15.2 Å². The van der Waals surface area contributed by atoms with Gasteiger partial charge in [0.2, 0.25) is 0 Å². The van der Waals surface area contributed by atoms with Crippen LogP contribution >= 0.6 is 34.8 Å². The molecule has 1 aromatic rings. The average molecular weight is 434 g/mol. The van der Waals surface area contributed by atoms with Crippen LogP contribution in [0.15, 0.2) is 11.5 Å². The molecule has 0 saturated heterocycles. The first-order chi connectivity index (χ1) is 12.5. The number of hydrogen-bond donors (Lipinski definition) is 2. The van der Waals surface area contributed by atoms with E-state index in [0.717, 1.165) is 5.47 Å². The van der Waals surface area contributed by atoms with Crippen LogP contribution in [-0.2, 0) is 4.74 Å². The van der Waals surface area contributed by atoms with Crippen LogP contribution in [0, 0.1) is 0 Å². The standard InChI is InChI=1S/C16H18BCl3N3O4/c1-16(2,3)27-15(26)23-6-4-8(5-7-23)17-22-11-9(18)12(14(24)25)21-13(20)10(11)19/h4H,5-7H2,1-3H3,(H,21,22)(H,24,25). The summed E-state index contributed by atoms with van der Waals surface area (Å²) in [7, 11) is 1.64. The highest BCUT2D eigenvalue weighted by Gasteiger charge is 2.25. The Bertz CT molecular complexity index is 796. The van der Waals surface area contributed by atoms with Gasteiger partial charge in [0.1, 0.15) is 10.6 Å². The van der Waals surface area contributed by atoms with Crippen molar-refractivity contribution in [3.8, 4) is 0 Å². The maximum Gasteiger partial charge on any atom is 0.410 e. The second-order valence-electron chi connectivity index (χ2n) is 6.80. The van der Waals surface area contributed by atoms with E-state index in [-0.39, 0.29) is 27.0 Å². The predicted molar refractivity (Wildman–Crippen MR) is 106 cm³/mol. The second-order valence-corrected chi connectivity index (χ2v) is 7.92. The maximum atomic E-state index is 12.1. The number of nitrogens with zero attached hydrogens (tertiary/aromatic N) is 2. The SMILES string of the molecule is CC(C)(C)OC(=O)N1CC=C([B]Nc2c(Cl)c(Cl)nc(C(=O)O)c2Cl)CC1. The number of carbonyl (C=O) groups excluding carboxylic acids is 1. The van der Waals surface area contributed by atoms with Gasteiger partial charge in [-0.1, -0.05) is 46.4 Å². The molecule has 0 bridgehead atoms. The summed E-state index contributed by atoms with van der Waals surface area (Å²) in [4.78, 5) is 28.5. The number of halogens is 3. The van der Waals surface area contributed by atoms with Crippen molar-refractivity contribution in [1.29, 1.82) is 0 Å². The molecule has 27 heavy (non-hydrogen) atoms. The van der Waals surface area contributed by atoms with Gasteiger partial charge in [0.25, 0.3) is 7.41 Å². The number of carboxylic acid groups (broad SMARTS) is 1. The Labute approximate surface area is 172 Å². The van der Waals surface area contributed by atoms with Gasteiger partial charge in [-0.3, -0.25) is 0 Å². The number of ether oxygens (including phenoxy) is 1. The van der Waals surface area contributed by atoms with Crippen LogP contribution in [0.3, 0.4) is 0 Å². The van der Waals surface area contributed by atoms with Gasteiger partial charge in [0.15, 0.2) is 10.8 Å². The third kappa shape index (κ3) is 5.67. The van der Waals surface area contributed by atoms with Crippen LogP contribution in [-0.4, -0.2) is 53.2 Å². The summed E-state index contributed by atoms with van der Waals surface area (Å²) >= 11 is 18.0. The van der Waals surface area contributed by atoms with Crippen molar-refractivity contribution in [2.45, 2.75) is 32.8 Å². The van der Waals surface area contributed by atoms with Gasteiger partial charge in [-0.2, -0.15) is 0 Å². The Balaban J connectivity index is 2.04. The maximum absolute atomic E-state index is 12.1. The van der Waals surface area contributed by atoms with Gasteiger partial charge in [0.05, 0.1) is 10.7 Å². The van der Waals surface area contributed by atoms with E-state index in [1.54, 1.807) is 12.3 Å². The minimum Gasteiger partial charge on any atom is -0.476 e. The molecule has 2 heterocycles. The van der Waals surface area contributed by atoms with E-state index in [2.05, 4.69) is 10.2 Å². The number of carbonyl (C=O) groups is 2. The summed E-state index contributed by atoms with van der Waals surface area (Å²) < 4.78 is 5.34. The molecule has 0 aliphatic carbocycles. The molecule has 0 spiro atoms. The largest absolute Gasteiger partial charge is 0.476 e. The van der Waals surface area contributed by atoms with Crippen molar-refractivity contribution in [2.24, 2.45) is 0 Å². The molecule has 1 aromatic heterocycles. The monoisotopic (exact) mass is 432 g/mol. The molecule has 1 aliphatic heterocycles. The van der Waals surface area contributed by atoms with Crippen LogP contribution in [0.25, 0.3) is 0 Å². The Morgan fingerprint density at radius 2 is 1.96 bits per heavy atom. The first kappa shape index (κ1) is 21.7. The van der Waals surface area contributed by atoms with E-state index in [9.17, 15) is 9.59 Å². The fourth-order valence-corrected chi connectivity index (χ4v) is 2.95. The lowest BCUT2D eigenvalue weighted by molar-refractivity contribution is 0.0267. The van der Waals surface area contributed by atoms with Gasteiger partial charge in [0, 0.05) is 13.1 Å². The number of hydrogen-bond acceptors (Lipinski definition) is 5. The third-order valence-corrected chi connectivity index (χ3v) is 4.64. The first-order valence-corrected chi connectivity index (χ1v) is 9.17. The molecular formula is C16H18BCl3N3O4. The minimum atomic E-state index is -1.31. The molecular weight excluding hydrogens is 415 g/mol. The van der Waals surface area contributed by atoms with E-state index >= 15 is 0 Å². The summed E-state index contributed by atoms with van der Waals surface area (Å²) in [6.07, 6.45) is 2.05. The van der Waals surface area contributed by atoms with Crippen molar-refractivity contribution in [3.63, 3.8) is 0 Å². The number of aromatic nitrogens is 1. The molecule has 1 aliphatic rings. The fraction of sp³-hybridized carbons (Fsp3) is 0.438.